The third kappa shape index (κ3) is 6.56. The van der Waals surface area contributed by atoms with E-state index in [1.54, 1.807) is 6.21 Å². The number of hydrazone groups is 1. The van der Waals surface area contributed by atoms with Gasteiger partial charge in [0.1, 0.15) is 0 Å². The summed E-state index contributed by atoms with van der Waals surface area (Å²) in [7, 11) is 0. The molecule has 0 fully saturated rings. The minimum atomic E-state index is -0.186. The SMILES string of the molecule is CCn1c(SCC(=O)NN=Cc2ccc(C(C)(C)C)cc2)nnc1-c1ccc(C(C)(C)C)cc1. The summed E-state index contributed by atoms with van der Waals surface area (Å²) in [5, 5.41) is 13.5. The lowest BCUT2D eigenvalue weighted by molar-refractivity contribution is -0.118. The molecule has 1 amide bonds. The second-order valence-corrected chi connectivity index (χ2v) is 11.3. The monoisotopic (exact) mass is 477 g/mol. The zero-order chi connectivity index (χ0) is 24.9. The minimum absolute atomic E-state index is 0.101. The molecule has 0 radical (unpaired) electrons. The normalized spacial score (nSPS) is 12.3. The predicted molar refractivity (Wildman–Crippen MR) is 141 cm³/mol. The smallest absolute Gasteiger partial charge is 0.250 e. The van der Waals surface area contributed by atoms with Crippen molar-refractivity contribution in [2.24, 2.45) is 5.10 Å². The van der Waals surface area contributed by atoms with Crippen molar-refractivity contribution >= 4 is 23.9 Å². The lowest BCUT2D eigenvalue weighted by Gasteiger charge is -2.19. The van der Waals surface area contributed by atoms with Gasteiger partial charge in [0.2, 0.25) is 0 Å². The van der Waals surface area contributed by atoms with Crippen molar-refractivity contribution < 1.29 is 4.79 Å². The number of nitrogens with one attached hydrogen (secondary N) is 1. The van der Waals surface area contributed by atoms with E-state index in [0.29, 0.717) is 5.16 Å². The summed E-state index contributed by atoms with van der Waals surface area (Å²) in [5.41, 5.74) is 7.29. The number of nitrogens with zero attached hydrogens (tertiary/aromatic N) is 4. The summed E-state index contributed by atoms with van der Waals surface area (Å²) < 4.78 is 2.03. The van der Waals surface area contributed by atoms with E-state index in [9.17, 15) is 4.79 Å². The largest absolute Gasteiger partial charge is 0.302 e. The fourth-order valence-corrected chi connectivity index (χ4v) is 4.22. The molecule has 3 rings (SSSR count). The molecule has 0 aliphatic rings. The standard InChI is InChI=1S/C27H35N5OS/c1-8-32-24(20-11-15-22(16-12-20)27(5,6)7)30-31-25(32)34-18-23(33)29-28-17-19-9-13-21(14-10-19)26(2,3)4/h9-17H,8,18H2,1-7H3,(H,29,33). The van der Waals surface area contributed by atoms with Crippen molar-refractivity contribution in [3.63, 3.8) is 0 Å². The van der Waals surface area contributed by atoms with Crippen LogP contribution in [0.5, 0.6) is 0 Å². The Balaban J connectivity index is 1.58. The zero-order valence-corrected chi connectivity index (χ0v) is 22.0. The lowest BCUT2D eigenvalue weighted by Crippen LogP contribution is -2.20. The number of amides is 1. The molecule has 0 spiro atoms. The van der Waals surface area contributed by atoms with E-state index in [1.165, 1.54) is 22.9 Å². The van der Waals surface area contributed by atoms with Gasteiger partial charge >= 0.3 is 0 Å². The van der Waals surface area contributed by atoms with Gasteiger partial charge in [-0.25, -0.2) is 5.43 Å². The molecule has 0 saturated carbocycles. The molecule has 0 unspecified atom stereocenters. The van der Waals surface area contributed by atoms with Crippen molar-refractivity contribution in [1.82, 2.24) is 20.2 Å². The second kappa shape index (κ2) is 10.6. The van der Waals surface area contributed by atoms with E-state index in [4.69, 9.17) is 0 Å². The van der Waals surface area contributed by atoms with Gasteiger partial charge in [0.25, 0.3) is 5.91 Å². The van der Waals surface area contributed by atoms with Crippen molar-refractivity contribution in [3.05, 3.63) is 65.2 Å². The number of rotatable bonds is 7. The highest BCUT2D eigenvalue weighted by molar-refractivity contribution is 7.99. The number of hydrogen-bond acceptors (Lipinski definition) is 5. The van der Waals surface area contributed by atoms with E-state index in [0.717, 1.165) is 23.5 Å². The molecule has 0 aliphatic heterocycles. The highest BCUT2D eigenvalue weighted by atomic mass is 32.2. The van der Waals surface area contributed by atoms with Crippen LogP contribution < -0.4 is 5.43 Å². The number of aromatic nitrogens is 3. The Morgan fingerprint density at radius 2 is 1.50 bits per heavy atom. The molecular formula is C27H35N5OS. The molecule has 0 aliphatic carbocycles. The Morgan fingerprint density at radius 1 is 0.941 bits per heavy atom. The highest BCUT2D eigenvalue weighted by Gasteiger charge is 2.17. The van der Waals surface area contributed by atoms with E-state index < -0.39 is 0 Å². The van der Waals surface area contributed by atoms with E-state index in [1.807, 2.05) is 16.7 Å². The summed E-state index contributed by atoms with van der Waals surface area (Å²) in [4.78, 5) is 12.3. The molecule has 34 heavy (non-hydrogen) atoms. The van der Waals surface area contributed by atoms with Crippen molar-refractivity contribution in [3.8, 4) is 11.4 Å². The highest BCUT2D eigenvalue weighted by Crippen LogP contribution is 2.27. The van der Waals surface area contributed by atoms with E-state index in [-0.39, 0.29) is 22.5 Å². The third-order valence-electron chi connectivity index (χ3n) is 5.55. The summed E-state index contributed by atoms with van der Waals surface area (Å²) in [6.45, 7) is 15.9. The van der Waals surface area contributed by atoms with Crippen LogP contribution in [0.15, 0.2) is 58.8 Å². The lowest BCUT2D eigenvalue weighted by atomic mass is 9.87. The molecule has 180 valence electrons. The Bertz CT molecular complexity index is 1130. The number of carbonyl (C=O) groups excluding carboxylic acids is 1. The van der Waals surface area contributed by atoms with Crippen molar-refractivity contribution in [2.45, 2.75) is 71.0 Å². The molecule has 7 heteroatoms. The number of carbonyl (C=O) groups is 1. The van der Waals surface area contributed by atoms with Gasteiger partial charge in [-0.05, 0) is 34.4 Å². The van der Waals surface area contributed by atoms with Gasteiger partial charge in [0.15, 0.2) is 11.0 Å². The molecule has 0 saturated heterocycles. The average Bonchev–Trinajstić information content (AvgIpc) is 3.20. The minimum Gasteiger partial charge on any atom is -0.302 e. The van der Waals surface area contributed by atoms with Crippen LogP contribution in [-0.2, 0) is 22.2 Å². The Kier molecular flexibility index (Phi) is 7.97. The molecule has 2 aromatic carbocycles. The first-order valence-corrected chi connectivity index (χ1v) is 12.6. The summed E-state index contributed by atoms with van der Waals surface area (Å²) in [6.07, 6.45) is 1.66. The molecule has 0 atom stereocenters. The third-order valence-corrected chi connectivity index (χ3v) is 6.52. The summed E-state index contributed by atoms with van der Waals surface area (Å²) in [6, 6.07) is 16.6. The van der Waals surface area contributed by atoms with Gasteiger partial charge in [-0.2, -0.15) is 5.10 Å². The zero-order valence-electron chi connectivity index (χ0n) is 21.2. The number of thioether (sulfide) groups is 1. The van der Waals surface area contributed by atoms with Gasteiger partial charge in [-0.3, -0.25) is 4.79 Å². The number of benzene rings is 2. The van der Waals surface area contributed by atoms with Gasteiger partial charge in [-0.1, -0.05) is 102 Å². The Morgan fingerprint density at radius 3 is 2.03 bits per heavy atom. The Labute approximate surface area is 207 Å². The fourth-order valence-electron chi connectivity index (χ4n) is 3.42. The first-order valence-electron chi connectivity index (χ1n) is 11.6. The van der Waals surface area contributed by atoms with Gasteiger partial charge in [-0.15, -0.1) is 10.2 Å². The molecule has 1 aromatic heterocycles. The van der Waals surface area contributed by atoms with Crippen LogP contribution in [0.1, 0.15) is 65.2 Å². The van der Waals surface area contributed by atoms with Crippen LogP contribution in [0.2, 0.25) is 0 Å². The van der Waals surface area contributed by atoms with E-state index in [2.05, 4.69) is 106 Å². The maximum Gasteiger partial charge on any atom is 0.250 e. The topological polar surface area (TPSA) is 72.2 Å². The molecule has 0 bridgehead atoms. The maximum absolute atomic E-state index is 12.3. The predicted octanol–water partition coefficient (Wildman–Crippen LogP) is 5.80. The van der Waals surface area contributed by atoms with Crippen LogP contribution in [0, 0.1) is 0 Å². The van der Waals surface area contributed by atoms with Crippen LogP contribution >= 0.6 is 11.8 Å². The number of hydrogen-bond donors (Lipinski definition) is 1. The first kappa shape index (κ1) is 25.7. The molecule has 1 heterocycles. The molecule has 3 aromatic rings. The van der Waals surface area contributed by atoms with Crippen LogP contribution in [-0.4, -0.2) is 32.6 Å². The van der Waals surface area contributed by atoms with Crippen LogP contribution in [0.3, 0.4) is 0 Å². The Hall–Kier alpha value is -2.93. The van der Waals surface area contributed by atoms with Crippen LogP contribution in [0.25, 0.3) is 11.4 Å². The quantitative estimate of drug-likeness (QED) is 0.265. The van der Waals surface area contributed by atoms with Crippen molar-refractivity contribution in [2.75, 3.05) is 5.75 Å². The fraction of sp³-hybridized carbons (Fsp3) is 0.407. The second-order valence-electron chi connectivity index (χ2n) is 10.3. The van der Waals surface area contributed by atoms with Gasteiger partial charge < -0.3 is 4.57 Å². The first-order chi connectivity index (χ1) is 16.0. The van der Waals surface area contributed by atoms with Gasteiger partial charge in [0.05, 0.1) is 12.0 Å². The average molecular weight is 478 g/mol. The van der Waals surface area contributed by atoms with Crippen LogP contribution in [0.4, 0.5) is 0 Å². The summed E-state index contributed by atoms with van der Waals surface area (Å²) in [5.74, 6) is 0.832. The molecular weight excluding hydrogens is 442 g/mol. The maximum atomic E-state index is 12.3. The van der Waals surface area contributed by atoms with Gasteiger partial charge in [0, 0.05) is 12.1 Å². The van der Waals surface area contributed by atoms with Crippen molar-refractivity contribution in [1.29, 1.82) is 0 Å². The molecule has 1 N–H and O–H groups in total. The van der Waals surface area contributed by atoms with E-state index >= 15 is 0 Å². The summed E-state index contributed by atoms with van der Waals surface area (Å²) >= 11 is 1.36. The molecule has 6 nitrogen and oxygen atoms in total.